The highest BCUT2D eigenvalue weighted by Gasteiger charge is 2.44. The fraction of sp³-hybridized carbons (Fsp3) is 0.250. The molecule has 4 N–H and O–H groups in total. The van der Waals surface area contributed by atoms with E-state index in [0.717, 1.165) is 10.5 Å². The topological polar surface area (TPSA) is 121 Å². The SMILES string of the molecule is NC(=O)C(Cc1ccccc1)N1C(=O)CC(Cc2ccc(O)cc2O)C1=O. The summed E-state index contributed by atoms with van der Waals surface area (Å²) in [4.78, 5) is 38.2. The molecule has 3 amide bonds. The second-order valence-corrected chi connectivity index (χ2v) is 6.63. The standard InChI is InChI=1S/C20H20N2O5/c21-19(26)16(8-12-4-2-1-3-5-12)22-18(25)10-14(20(22)27)9-13-6-7-15(23)11-17(13)24/h1-7,11,14,16,23-24H,8-10H2,(H2,21,26). The maximum atomic E-state index is 12.8. The highest BCUT2D eigenvalue weighted by Crippen LogP contribution is 2.31. The minimum Gasteiger partial charge on any atom is -0.508 e. The lowest BCUT2D eigenvalue weighted by atomic mass is 9.97. The Morgan fingerprint density at radius 3 is 2.48 bits per heavy atom. The Morgan fingerprint density at radius 1 is 1.15 bits per heavy atom. The predicted molar refractivity (Wildman–Crippen MR) is 96.6 cm³/mol. The summed E-state index contributed by atoms with van der Waals surface area (Å²) >= 11 is 0. The molecule has 2 aromatic rings. The van der Waals surface area contributed by atoms with Gasteiger partial charge in [-0.2, -0.15) is 0 Å². The molecule has 1 saturated heterocycles. The number of primary amides is 1. The number of aromatic hydroxyl groups is 2. The fourth-order valence-electron chi connectivity index (χ4n) is 3.35. The molecule has 2 aromatic carbocycles. The first-order valence-corrected chi connectivity index (χ1v) is 8.57. The predicted octanol–water partition coefficient (Wildman–Crippen LogP) is 1.11. The normalized spacial score (nSPS) is 17.9. The van der Waals surface area contributed by atoms with Crippen LogP contribution >= 0.6 is 0 Å². The van der Waals surface area contributed by atoms with E-state index < -0.39 is 29.7 Å². The van der Waals surface area contributed by atoms with E-state index in [1.165, 1.54) is 18.2 Å². The molecule has 140 valence electrons. The smallest absolute Gasteiger partial charge is 0.241 e. The van der Waals surface area contributed by atoms with Crippen molar-refractivity contribution in [3.8, 4) is 11.5 Å². The molecular formula is C20H20N2O5. The van der Waals surface area contributed by atoms with E-state index in [1.54, 1.807) is 24.3 Å². The molecule has 0 aliphatic carbocycles. The summed E-state index contributed by atoms with van der Waals surface area (Å²) in [6.07, 6.45) is 0.229. The number of hydrogen-bond donors (Lipinski definition) is 3. The largest absolute Gasteiger partial charge is 0.508 e. The van der Waals surface area contributed by atoms with Gasteiger partial charge in [0.05, 0.1) is 5.92 Å². The maximum Gasteiger partial charge on any atom is 0.241 e. The summed E-state index contributed by atoms with van der Waals surface area (Å²) in [7, 11) is 0. The lowest BCUT2D eigenvalue weighted by Crippen LogP contribution is -2.49. The van der Waals surface area contributed by atoms with Gasteiger partial charge in [-0.15, -0.1) is 0 Å². The number of benzene rings is 2. The summed E-state index contributed by atoms with van der Waals surface area (Å²) in [5.41, 5.74) is 6.71. The summed E-state index contributed by atoms with van der Waals surface area (Å²) in [5, 5.41) is 19.3. The lowest BCUT2D eigenvalue weighted by Gasteiger charge is -2.24. The van der Waals surface area contributed by atoms with Crippen LogP contribution in [0.5, 0.6) is 11.5 Å². The van der Waals surface area contributed by atoms with Crippen LogP contribution in [0.15, 0.2) is 48.5 Å². The number of nitrogens with zero attached hydrogens (tertiary/aromatic N) is 1. The zero-order valence-corrected chi connectivity index (χ0v) is 14.5. The van der Waals surface area contributed by atoms with Gasteiger partial charge in [0, 0.05) is 18.9 Å². The molecule has 2 atom stereocenters. The zero-order chi connectivity index (χ0) is 19.6. The van der Waals surface area contributed by atoms with Gasteiger partial charge in [0.2, 0.25) is 17.7 Å². The molecule has 1 fully saturated rings. The average molecular weight is 368 g/mol. The molecule has 1 aliphatic heterocycles. The third kappa shape index (κ3) is 3.92. The van der Waals surface area contributed by atoms with Crippen LogP contribution in [0.3, 0.4) is 0 Å². The molecule has 3 rings (SSSR count). The van der Waals surface area contributed by atoms with E-state index in [9.17, 15) is 24.6 Å². The summed E-state index contributed by atoms with van der Waals surface area (Å²) in [6.45, 7) is 0. The number of phenolic OH excluding ortho intramolecular Hbond substituents is 2. The number of imide groups is 1. The Morgan fingerprint density at radius 2 is 1.85 bits per heavy atom. The second-order valence-electron chi connectivity index (χ2n) is 6.63. The van der Waals surface area contributed by atoms with Crippen molar-refractivity contribution < 1.29 is 24.6 Å². The maximum absolute atomic E-state index is 12.8. The van der Waals surface area contributed by atoms with Crippen molar-refractivity contribution in [2.45, 2.75) is 25.3 Å². The summed E-state index contributed by atoms with van der Waals surface area (Å²) in [5.74, 6) is -2.61. The Kier molecular flexibility index (Phi) is 5.12. The fourth-order valence-corrected chi connectivity index (χ4v) is 3.35. The highest BCUT2D eigenvalue weighted by molar-refractivity contribution is 6.07. The molecule has 0 bridgehead atoms. The number of nitrogens with two attached hydrogens (primary N) is 1. The van der Waals surface area contributed by atoms with Crippen molar-refractivity contribution in [3.63, 3.8) is 0 Å². The first-order valence-electron chi connectivity index (χ1n) is 8.57. The molecule has 1 heterocycles. The number of hydrogen-bond acceptors (Lipinski definition) is 5. The third-order valence-electron chi connectivity index (χ3n) is 4.72. The average Bonchev–Trinajstić information content (AvgIpc) is 2.90. The Balaban J connectivity index is 1.80. The van der Waals surface area contributed by atoms with Crippen LogP contribution in [-0.2, 0) is 27.2 Å². The Hall–Kier alpha value is -3.35. The Bertz CT molecular complexity index is 881. The molecule has 7 heteroatoms. The number of carbonyl (C=O) groups is 3. The van der Waals surface area contributed by atoms with Gasteiger partial charge < -0.3 is 15.9 Å². The van der Waals surface area contributed by atoms with Crippen molar-refractivity contribution in [2.75, 3.05) is 0 Å². The first-order chi connectivity index (χ1) is 12.9. The highest BCUT2D eigenvalue weighted by atomic mass is 16.3. The van der Waals surface area contributed by atoms with E-state index in [2.05, 4.69) is 0 Å². The number of amides is 3. The van der Waals surface area contributed by atoms with Crippen LogP contribution in [0, 0.1) is 5.92 Å². The van der Waals surface area contributed by atoms with E-state index in [0.29, 0.717) is 5.56 Å². The number of carbonyl (C=O) groups excluding carboxylic acids is 3. The van der Waals surface area contributed by atoms with E-state index >= 15 is 0 Å². The molecule has 0 aromatic heterocycles. The van der Waals surface area contributed by atoms with Crippen LogP contribution in [0.4, 0.5) is 0 Å². The molecule has 0 spiro atoms. The van der Waals surface area contributed by atoms with Crippen LogP contribution < -0.4 is 5.73 Å². The Labute approximate surface area is 156 Å². The summed E-state index contributed by atoms with van der Waals surface area (Å²) < 4.78 is 0. The molecule has 27 heavy (non-hydrogen) atoms. The van der Waals surface area contributed by atoms with E-state index in [1.807, 2.05) is 6.07 Å². The zero-order valence-electron chi connectivity index (χ0n) is 14.5. The number of likely N-dealkylation sites (tertiary alicyclic amines) is 1. The lowest BCUT2D eigenvalue weighted by molar-refractivity contribution is -0.146. The van der Waals surface area contributed by atoms with Crippen molar-refractivity contribution in [2.24, 2.45) is 11.7 Å². The van der Waals surface area contributed by atoms with Crippen LogP contribution in [0.1, 0.15) is 17.5 Å². The van der Waals surface area contributed by atoms with Gasteiger partial charge in [-0.1, -0.05) is 36.4 Å². The van der Waals surface area contributed by atoms with Gasteiger partial charge in [-0.25, -0.2) is 0 Å². The molecule has 0 saturated carbocycles. The van der Waals surface area contributed by atoms with Gasteiger partial charge in [0.25, 0.3) is 0 Å². The van der Waals surface area contributed by atoms with Crippen LogP contribution in [0.25, 0.3) is 0 Å². The molecule has 1 aliphatic rings. The molecular weight excluding hydrogens is 348 g/mol. The van der Waals surface area contributed by atoms with Gasteiger partial charge in [0.15, 0.2) is 0 Å². The van der Waals surface area contributed by atoms with Crippen molar-refractivity contribution in [1.29, 1.82) is 0 Å². The third-order valence-corrected chi connectivity index (χ3v) is 4.72. The van der Waals surface area contributed by atoms with Crippen LogP contribution in [0.2, 0.25) is 0 Å². The van der Waals surface area contributed by atoms with Gasteiger partial charge in [-0.05, 0) is 23.6 Å². The quantitative estimate of drug-likeness (QED) is 0.660. The van der Waals surface area contributed by atoms with Crippen molar-refractivity contribution >= 4 is 17.7 Å². The molecule has 0 radical (unpaired) electrons. The second kappa shape index (κ2) is 7.49. The van der Waals surface area contributed by atoms with Gasteiger partial charge >= 0.3 is 0 Å². The van der Waals surface area contributed by atoms with E-state index in [4.69, 9.17) is 5.73 Å². The molecule has 7 nitrogen and oxygen atoms in total. The number of phenols is 2. The summed E-state index contributed by atoms with van der Waals surface area (Å²) in [6, 6.07) is 12.1. The van der Waals surface area contributed by atoms with Crippen LogP contribution in [-0.4, -0.2) is 38.9 Å². The molecule has 2 unspecified atom stereocenters. The first kappa shape index (κ1) is 18.4. The van der Waals surface area contributed by atoms with E-state index in [-0.39, 0.29) is 30.8 Å². The minimum absolute atomic E-state index is 0.0578. The van der Waals surface area contributed by atoms with Gasteiger partial charge in [0.1, 0.15) is 17.5 Å². The number of rotatable bonds is 6. The monoisotopic (exact) mass is 368 g/mol. The van der Waals surface area contributed by atoms with Gasteiger partial charge in [-0.3, -0.25) is 19.3 Å². The minimum atomic E-state index is -1.05. The van der Waals surface area contributed by atoms with Crippen molar-refractivity contribution in [1.82, 2.24) is 4.90 Å². The van der Waals surface area contributed by atoms with Crippen molar-refractivity contribution in [3.05, 3.63) is 59.7 Å².